The predicted molar refractivity (Wildman–Crippen MR) is 121 cm³/mol. The van der Waals surface area contributed by atoms with Gasteiger partial charge in [-0.1, -0.05) is 17.8 Å². The first-order valence-corrected chi connectivity index (χ1v) is 12.3. The summed E-state index contributed by atoms with van der Waals surface area (Å²) in [6.07, 6.45) is 2.38. The number of amides is 2. The smallest absolute Gasteiger partial charge is 0.257 e. The zero-order valence-electron chi connectivity index (χ0n) is 17.2. The van der Waals surface area contributed by atoms with Crippen LogP contribution in [0.4, 0.5) is 15.2 Å². The minimum Gasteiger partial charge on any atom is -0.326 e. The van der Waals surface area contributed by atoms with E-state index in [1.54, 1.807) is 18.2 Å². The standard InChI is InChI=1S/C21H21FN4O4S2/c1-13(27)23-15-6-8-17-18(12-15)31-21(24-17)25-20(28)14-5-7-16(22)19(11-14)32(29,30)26-9-3-2-4-10-26/h5-8,11-12H,2-4,9-10H2,1H3,(H,23,27)(H,24,25,28). The minimum absolute atomic E-state index is 0.0141. The van der Waals surface area contributed by atoms with E-state index in [0.717, 1.165) is 36.1 Å². The Labute approximate surface area is 188 Å². The molecule has 168 valence electrons. The maximum Gasteiger partial charge on any atom is 0.257 e. The highest BCUT2D eigenvalue weighted by atomic mass is 32.2. The number of sulfonamides is 1. The van der Waals surface area contributed by atoms with E-state index >= 15 is 0 Å². The average molecular weight is 477 g/mol. The largest absolute Gasteiger partial charge is 0.326 e. The zero-order chi connectivity index (χ0) is 22.9. The summed E-state index contributed by atoms with van der Waals surface area (Å²) in [5, 5.41) is 5.62. The number of aromatic nitrogens is 1. The number of hydrogen-bond acceptors (Lipinski definition) is 6. The number of carbonyl (C=O) groups excluding carboxylic acids is 2. The molecule has 1 fully saturated rings. The Morgan fingerprint density at radius 1 is 1.06 bits per heavy atom. The first kappa shape index (κ1) is 22.3. The van der Waals surface area contributed by atoms with E-state index in [-0.39, 0.29) is 11.5 Å². The third-order valence-electron chi connectivity index (χ3n) is 5.06. The van der Waals surface area contributed by atoms with E-state index in [4.69, 9.17) is 0 Å². The highest BCUT2D eigenvalue weighted by Gasteiger charge is 2.29. The summed E-state index contributed by atoms with van der Waals surface area (Å²) in [5.41, 5.74) is 1.25. The van der Waals surface area contributed by atoms with Crippen molar-refractivity contribution in [2.24, 2.45) is 0 Å². The molecule has 1 aliphatic heterocycles. The number of piperidine rings is 1. The van der Waals surface area contributed by atoms with E-state index in [9.17, 15) is 22.4 Å². The summed E-state index contributed by atoms with van der Waals surface area (Å²) in [5.74, 6) is -1.69. The van der Waals surface area contributed by atoms with Crippen molar-refractivity contribution < 1.29 is 22.4 Å². The van der Waals surface area contributed by atoms with Crippen LogP contribution in [0.3, 0.4) is 0 Å². The highest BCUT2D eigenvalue weighted by molar-refractivity contribution is 7.89. The molecule has 4 rings (SSSR count). The van der Waals surface area contributed by atoms with E-state index in [2.05, 4.69) is 15.6 Å². The molecule has 0 radical (unpaired) electrons. The van der Waals surface area contributed by atoms with E-state index in [0.29, 0.717) is 29.4 Å². The van der Waals surface area contributed by atoms with Crippen molar-refractivity contribution in [1.82, 2.24) is 9.29 Å². The second-order valence-corrected chi connectivity index (χ2v) is 10.4. The fourth-order valence-electron chi connectivity index (χ4n) is 3.52. The number of halogens is 1. The Bertz CT molecular complexity index is 1300. The molecule has 2 amide bonds. The topological polar surface area (TPSA) is 108 Å². The van der Waals surface area contributed by atoms with Gasteiger partial charge in [0.15, 0.2) is 5.13 Å². The Morgan fingerprint density at radius 3 is 2.53 bits per heavy atom. The Morgan fingerprint density at radius 2 is 1.81 bits per heavy atom. The van der Waals surface area contributed by atoms with Crippen molar-refractivity contribution in [3.05, 3.63) is 47.8 Å². The van der Waals surface area contributed by atoms with Crippen LogP contribution in [0.15, 0.2) is 41.3 Å². The van der Waals surface area contributed by atoms with E-state index < -0.39 is 26.6 Å². The SMILES string of the molecule is CC(=O)Nc1ccc2nc(NC(=O)c3ccc(F)c(S(=O)(=O)N4CCCCC4)c3)sc2c1. The quantitative estimate of drug-likeness (QED) is 0.582. The summed E-state index contributed by atoms with van der Waals surface area (Å²) in [6, 6.07) is 8.45. The lowest BCUT2D eigenvalue weighted by Gasteiger charge is -2.26. The van der Waals surface area contributed by atoms with Gasteiger partial charge in [-0.05, 0) is 49.2 Å². The van der Waals surface area contributed by atoms with Gasteiger partial charge in [0.1, 0.15) is 10.7 Å². The van der Waals surface area contributed by atoms with Crippen LogP contribution >= 0.6 is 11.3 Å². The number of nitrogens with one attached hydrogen (secondary N) is 2. The number of anilines is 2. The molecular formula is C21H21FN4O4S2. The molecule has 0 bridgehead atoms. The van der Waals surface area contributed by atoms with Crippen LogP contribution in [0.1, 0.15) is 36.5 Å². The van der Waals surface area contributed by atoms with Crippen LogP contribution in [-0.2, 0) is 14.8 Å². The van der Waals surface area contributed by atoms with Gasteiger partial charge in [-0.3, -0.25) is 14.9 Å². The molecule has 0 atom stereocenters. The van der Waals surface area contributed by atoms with Crippen molar-refractivity contribution in [1.29, 1.82) is 0 Å². The number of fused-ring (bicyclic) bond motifs is 1. The predicted octanol–water partition coefficient (Wildman–Crippen LogP) is 3.82. The average Bonchev–Trinajstić information content (AvgIpc) is 3.15. The molecule has 3 aromatic rings. The van der Waals surface area contributed by atoms with Gasteiger partial charge in [-0.2, -0.15) is 4.31 Å². The second-order valence-electron chi connectivity index (χ2n) is 7.45. The Kier molecular flexibility index (Phi) is 6.22. The van der Waals surface area contributed by atoms with Gasteiger partial charge in [-0.25, -0.2) is 17.8 Å². The molecule has 0 unspecified atom stereocenters. The molecular weight excluding hydrogens is 455 g/mol. The fourth-order valence-corrected chi connectivity index (χ4v) is 6.02. The van der Waals surface area contributed by atoms with Gasteiger partial charge in [0.05, 0.1) is 10.2 Å². The monoisotopic (exact) mass is 476 g/mol. The first-order valence-electron chi connectivity index (χ1n) is 10.0. The van der Waals surface area contributed by atoms with Crippen molar-refractivity contribution in [3.63, 3.8) is 0 Å². The normalized spacial score (nSPS) is 14.9. The summed E-state index contributed by atoms with van der Waals surface area (Å²) in [6.45, 7) is 2.08. The number of carbonyl (C=O) groups is 2. The van der Waals surface area contributed by atoms with Gasteiger partial charge in [0.2, 0.25) is 15.9 Å². The lowest BCUT2D eigenvalue weighted by atomic mass is 10.2. The summed E-state index contributed by atoms with van der Waals surface area (Å²) >= 11 is 1.20. The maximum absolute atomic E-state index is 14.4. The number of benzene rings is 2. The van der Waals surface area contributed by atoms with E-state index in [1.807, 2.05) is 0 Å². The fraction of sp³-hybridized carbons (Fsp3) is 0.286. The number of hydrogen-bond donors (Lipinski definition) is 2. The lowest BCUT2D eigenvalue weighted by molar-refractivity contribution is -0.114. The number of rotatable bonds is 5. The molecule has 2 heterocycles. The molecule has 2 aromatic carbocycles. The Hall–Kier alpha value is -2.89. The molecule has 11 heteroatoms. The van der Waals surface area contributed by atoms with Crippen LogP contribution in [0.25, 0.3) is 10.2 Å². The van der Waals surface area contributed by atoms with Gasteiger partial charge < -0.3 is 5.32 Å². The molecule has 1 aromatic heterocycles. The molecule has 8 nitrogen and oxygen atoms in total. The maximum atomic E-state index is 14.4. The first-order chi connectivity index (χ1) is 15.2. The summed E-state index contributed by atoms with van der Waals surface area (Å²) in [4.78, 5) is 27.8. The van der Waals surface area contributed by atoms with Crippen molar-refractivity contribution in [2.75, 3.05) is 23.7 Å². The molecule has 0 saturated carbocycles. The molecule has 0 spiro atoms. The van der Waals surface area contributed by atoms with Crippen molar-refractivity contribution in [2.45, 2.75) is 31.1 Å². The molecule has 1 aliphatic rings. The van der Waals surface area contributed by atoms with Gasteiger partial charge in [-0.15, -0.1) is 0 Å². The molecule has 2 N–H and O–H groups in total. The van der Waals surface area contributed by atoms with Crippen molar-refractivity contribution >= 4 is 54.2 Å². The van der Waals surface area contributed by atoms with Crippen molar-refractivity contribution in [3.8, 4) is 0 Å². The van der Waals surface area contributed by atoms with Crippen LogP contribution < -0.4 is 10.6 Å². The lowest BCUT2D eigenvalue weighted by Crippen LogP contribution is -2.36. The number of thiazole rings is 1. The van der Waals surface area contributed by atoms with Crippen LogP contribution in [-0.4, -0.2) is 42.6 Å². The van der Waals surface area contributed by atoms with E-state index in [1.165, 1.54) is 28.6 Å². The minimum atomic E-state index is -4.03. The molecule has 0 aliphatic carbocycles. The Balaban J connectivity index is 1.57. The second kappa shape index (κ2) is 8.93. The summed E-state index contributed by atoms with van der Waals surface area (Å²) in [7, 11) is -4.03. The van der Waals surface area contributed by atoms with Crippen LogP contribution in [0.5, 0.6) is 0 Å². The summed E-state index contributed by atoms with van der Waals surface area (Å²) < 4.78 is 42.2. The third kappa shape index (κ3) is 4.64. The van der Waals surface area contributed by atoms with Crippen LogP contribution in [0, 0.1) is 5.82 Å². The van der Waals surface area contributed by atoms with Gasteiger partial charge in [0.25, 0.3) is 5.91 Å². The third-order valence-corrected chi connectivity index (χ3v) is 7.90. The van der Waals surface area contributed by atoms with Gasteiger partial charge >= 0.3 is 0 Å². The zero-order valence-corrected chi connectivity index (χ0v) is 18.9. The number of nitrogens with zero attached hydrogens (tertiary/aromatic N) is 2. The molecule has 32 heavy (non-hydrogen) atoms. The van der Waals surface area contributed by atoms with Crippen LogP contribution in [0.2, 0.25) is 0 Å². The highest BCUT2D eigenvalue weighted by Crippen LogP contribution is 2.29. The van der Waals surface area contributed by atoms with Gasteiger partial charge in [0, 0.05) is 31.3 Å². The molecule has 1 saturated heterocycles.